The van der Waals surface area contributed by atoms with Crippen LogP contribution in [0.1, 0.15) is 22.8 Å². The van der Waals surface area contributed by atoms with Crippen LogP contribution in [0.25, 0.3) is 0 Å². The van der Waals surface area contributed by atoms with Crippen LogP contribution in [0.4, 0.5) is 4.39 Å². The highest BCUT2D eigenvalue weighted by molar-refractivity contribution is 5.94. The maximum absolute atomic E-state index is 12.1. The van der Waals surface area contributed by atoms with Gasteiger partial charge in [-0.25, -0.2) is 4.39 Å². The Hall–Kier alpha value is -1.18. The summed E-state index contributed by atoms with van der Waals surface area (Å²) in [6.45, 7) is 0.957. The van der Waals surface area contributed by atoms with Crippen LogP contribution < -0.4 is 0 Å². The van der Waals surface area contributed by atoms with Crippen LogP contribution in [0, 0.1) is 0 Å². The molecule has 0 saturated carbocycles. The van der Waals surface area contributed by atoms with Gasteiger partial charge in [-0.15, -0.1) is 0 Å². The number of Topliss-reactive ketones (excluding diaryl/α,β-unsaturated/α-hetero) is 1. The fourth-order valence-electron chi connectivity index (χ4n) is 0.873. The second-order valence-corrected chi connectivity index (χ2v) is 2.39. The van der Waals surface area contributed by atoms with Crippen LogP contribution in [0.2, 0.25) is 0 Å². The predicted molar refractivity (Wildman–Crippen MR) is 41.3 cm³/mol. The minimum atomic E-state index is -0.513. The lowest BCUT2D eigenvalue weighted by molar-refractivity contribution is 0.101. The predicted octanol–water partition coefficient (Wildman–Crippen LogP) is 2.36. The van der Waals surface area contributed by atoms with Gasteiger partial charge in [0, 0.05) is 5.56 Å². The number of hydrogen-bond donors (Lipinski definition) is 0. The van der Waals surface area contributed by atoms with Crippen molar-refractivity contribution in [2.45, 2.75) is 13.6 Å². The van der Waals surface area contributed by atoms with Crippen molar-refractivity contribution < 1.29 is 9.18 Å². The molecular weight excluding hydrogens is 143 g/mol. The van der Waals surface area contributed by atoms with Crippen molar-refractivity contribution in [2.75, 3.05) is 0 Å². The third-order valence-corrected chi connectivity index (χ3v) is 1.49. The van der Waals surface area contributed by atoms with E-state index in [4.69, 9.17) is 0 Å². The molecule has 1 rings (SSSR count). The van der Waals surface area contributed by atoms with Crippen molar-refractivity contribution >= 4 is 5.78 Å². The molecule has 1 nitrogen and oxygen atoms in total. The molecule has 0 spiro atoms. The summed E-state index contributed by atoms with van der Waals surface area (Å²) in [7, 11) is 0. The molecular formula is C9H9FO. The Morgan fingerprint density at radius 3 is 2.82 bits per heavy atom. The van der Waals surface area contributed by atoms with Gasteiger partial charge in [-0.2, -0.15) is 0 Å². The summed E-state index contributed by atoms with van der Waals surface area (Å²) in [6.07, 6.45) is 0. The summed E-state index contributed by atoms with van der Waals surface area (Å²) < 4.78 is 12.1. The number of alkyl halides is 1. The van der Waals surface area contributed by atoms with Gasteiger partial charge in [0.25, 0.3) is 0 Å². The average molecular weight is 152 g/mol. The fraction of sp³-hybridized carbons (Fsp3) is 0.222. The van der Waals surface area contributed by atoms with Crippen LogP contribution in [0.3, 0.4) is 0 Å². The molecule has 0 unspecified atom stereocenters. The average Bonchev–Trinajstić information content (AvgIpc) is 2.05. The van der Waals surface area contributed by atoms with Crippen LogP contribution >= 0.6 is 0 Å². The largest absolute Gasteiger partial charge is 0.295 e. The quantitative estimate of drug-likeness (QED) is 0.594. The summed E-state index contributed by atoms with van der Waals surface area (Å²) in [5.41, 5.74) is 1.12. The number of halogens is 1. The molecule has 0 atom stereocenters. The first-order valence-corrected chi connectivity index (χ1v) is 3.40. The molecule has 0 N–H and O–H groups in total. The van der Waals surface area contributed by atoms with E-state index in [1.54, 1.807) is 24.3 Å². The number of hydrogen-bond acceptors (Lipinski definition) is 1. The van der Waals surface area contributed by atoms with Crippen LogP contribution in [-0.4, -0.2) is 5.78 Å². The minimum Gasteiger partial charge on any atom is -0.295 e. The first-order chi connectivity index (χ1) is 5.24. The summed E-state index contributed by atoms with van der Waals surface area (Å²) in [5, 5.41) is 0. The molecule has 2 heteroatoms. The van der Waals surface area contributed by atoms with E-state index in [0.717, 1.165) is 0 Å². The lowest BCUT2D eigenvalue weighted by Crippen LogP contribution is -1.92. The monoisotopic (exact) mass is 152 g/mol. The minimum absolute atomic E-state index is 0.0275. The Labute approximate surface area is 64.9 Å². The van der Waals surface area contributed by atoms with Gasteiger partial charge in [0.05, 0.1) is 0 Å². The molecule has 58 valence electrons. The number of benzene rings is 1. The molecule has 1 aromatic rings. The lowest BCUT2D eigenvalue weighted by atomic mass is 10.1. The highest BCUT2D eigenvalue weighted by Gasteiger charge is 1.98. The standard InChI is InChI=1S/C9H9FO/c1-7(11)9-4-2-3-8(5-9)6-10/h2-5H,6H2,1H3. The third-order valence-electron chi connectivity index (χ3n) is 1.49. The highest BCUT2D eigenvalue weighted by atomic mass is 19.1. The Bertz CT molecular complexity index is 268. The fourth-order valence-corrected chi connectivity index (χ4v) is 0.873. The second-order valence-electron chi connectivity index (χ2n) is 2.39. The van der Waals surface area contributed by atoms with Gasteiger partial charge in [-0.1, -0.05) is 18.2 Å². The van der Waals surface area contributed by atoms with E-state index in [0.29, 0.717) is 11.1 Å². The van der Waals surface area contributed by atoms with Gasteiger partial charge >= 0.3 is 0 Å². The molecule has 0 radical (unpaired) electrons. The van der Waals surface area contributed by atoms with Crippen molar-refractivity contribution in [3.8, 4) is 0 Å². The maximum Gasteiger partial charge on any atom is 0.159 e. The van der Waals surface area contributed by atoms with Crippen molar-refractivity contribution in [3.63, 3.8) is 0 Å². The van der Waals surface area contributed by atoms with Crippen LogP contribution in [0.15, 0.2) is 24.3 Å². The van der Waals surface area contributed by atoms with Gasteiger partial charge < -0.3 is 0 Å². The molecule has 1 aromatic carbocycles. The molecule has 0 bridgehead atoms. The van der Waals surface area contributed by atoms with E-state index in [1.807, 2.05) is 0 Å². The van der Waals surface area contributed by atoms with Gasteiger partial charge in [-0.3, -0.25) is 4.79 Å². The molecule has 11 heavy (non-hydrogen) atoms. The first-order valence-electron chi connectivity index (χ1n) is 3.40. The zero-order chi connectivity index (χ0) is 8.27. The van der Waals surface area contributed by atoms with Crippen LogP contribution in [0.5, 0.6) is 0 Å². The zero-order valence-corrected chi connectivity index (χ0v) is 6.30. The second kappa shape index (κ2) is 3.28. The summed E-state index contributed by atoms with van der Waals surface area (Å²) in [5.74, 6) is -0.0275. The molecule has 0 fully saturated rings. The van der Waals surface area contributed by atoms with E-state index in [9.17, 15) is 9.18 Å². The lowest BCUT2D eigenvalue weighted by Gasteiger charge is -1.96. The van der Waals surface area contributed by atoms with Crippen molar-refractivity contribution in [3.05, 3.63) is 35.4 Å². The topological polar surface area (TPSA) is 17.1 Å². The number of carbonyl (C=O) groups is 1. The normalized spacial score (nSPS) is 9.64. The number of carbonyl (C=O) groups excluding carboxylic acids is 1. The van der Waals surface area contributed by atoms with Crippen molar-refractivity contribution in [2.24, 2.45) is 0 Å². The summed E-state index contributed by atoms with van der Waals surface area (Å²) in [6, 6.07) is 6.60. The van der Waals surface area contributed by atoms with Gasteiger partial charge in [0.15, 0.2) is 5.78 Å². The summed E-state index contributed by atoms with van der Waals surface area (Å²) >= 11 is 0. The van der Waals surface area contributed by atoms with E-state index >= 15 is 0 Å². The van der Waals surface area contributed by atoms with Crippen LogP contribution in [-0.2, 0) is 6.67 Å². The first kappa shape index (κ1) is 7.92. The molecule has 0 aliphatic rings. The van der Waals surface area contributed by atoms with Crippen molar-refractivity contribution in [1.82, 2.24) is 0 Å². The zero-order valence-electron chi connectivity index (χ0n) is 6.30. The molecule has 0 aliphatic heterocycles. The molecule has 0 heterocycles. The Morgan fingerprint density at radius 1 is 1.55 bits per heavy atom. The van der Waals surface area contributed by atoms with E-state index in [2.05, 4.69) is 0 Å². The third kappa shape index (κ3) is 1.87. The molecule has 0 saturated heterocycles. The Morgan fingerprint density at radius 2 is 2.27 bits per heavy atom. The van der Waals surface area contributed by atoms with Gasteiger partial charge in [0.2, 0.25) is 0 Å². The number of rotatable bonds is 2. The smallest absolute Gasteiger partial charge is 0.159 e. The molecule has 0 aliphatic carbocycles. The Kier molecular flexibility index (Phi) is 2.36. The molecule has 0 aromatic heterocycles. The van der Waals surface area contributed by atoms with E-state index in [1.165, 1.54) is 6.92 Å². The number of ketones is 1. The highest BCUT2D eigenvalue weighted by Crippen LogP contribution is 2.06. The SMILES string of the molecule is CC(=O)c1cccc(CF)c1. The van der Waals surface area contributed by atoms with Gasteiger partial charge in [-0.05, 0) is 18.6 Å². The van der Waals surface area contributed by atoms with E-state index < -0.39 is 6.67 Å². The summed E-state index contributed by atoms with van der Waals surface area (Å²) in [4.78, 5) is 10.8. The Balaban J connectivity index is 3.01. The van der Waals surface area contributed by atoms with E-state index in [-0.39, 0.29) is 5.78 Å². The van der Waals surface area contributed by atoms with Gasteiger partial charge in [0.1, 0.15) is 6.67 Å². The molecule has 0 amide bonds. The maximum atomic E-state index is 12.1. The van der Waals surface area contributed by atoms with Crippen molar-refractivity contribution in [1.29, 1.82) is 0 Å².